The maximum Gasteiger partial charge on any atom is 0.0456 e. The van der Waals surface area contributed by atoms with Crippen LogP contribution in [0.15, 0.2) is 98.4 Å². The molecule has 0 unspecified atom stereocenters. The van der Waals surface area contributed by atoms with Crippen LogP contribution in [-0.2, 0) is 0 Å². The van der Waals surface area contributed by atoms with E-state index in [9.17, 15) is 0 Å². The summed E-state index contributed by atoms with van der Waals surface area (Å²) in [5.41, 5.74) is 6.92. The van der Waals surface area contributed by atoms with Crippen LogP contribution in [0.4, 0.5) is 5.69 Å². The Kier molecular flexibility index (Phi) is 4.53. The van der Waals surface area contributed by atoms with Gasteiger partial charge in [-0.05, 0) is 42.5 Å². The second-order valence-electron chi connectivity index (χ2n) is 4.53. The molecule has 0 aliphatic carbocycles. The molecule has 3 aromatic rings. The Morgan fingerprint density at radius 3 is 1.76 bits per heavy atom. The number of nitrogen functional groups attached to an aromatic ring is 1. The minimum absolute atomic E-state index is 0.821. The summed E-state index contributed by atoms with van der Waals surface area (Å²) < 4.78 is 0. The van der Waals surface area contributed by atoms with Gasteiger partial charge < -0.3 is 5.73 Å². The van der Waals surface area contributed by atoms with E-state index in [0.29, 0.717) is 0 Å². The standard InChI is InChI=1S/C18H15NS2/c19-17-12-11-16(20-14-7-3-1-4-8-14)13-18(17)21-15-9-5-2-6-10-15/h1-13H,19H2. The van der Waals surface area contributed by atoms with Gasteiger partial charge in [0.25, 0.3) is 0 Å². The van der Waals surface area contributed by atoms with Crippen LogP contribution in [0, 0.1) is 0 Å². The Morgan fingerprint density at radius 1 is 0.571 bits per heavy atom. The molecule has 0 aliphatic rings. The van der Waals surface area contributed by atoms with E-state index in [2.05, 4.69) is 48.5 Å². The summed E-state index contributed by atoms with van der Waals surface area (Å²) in [5, 5.41) is 0. The molecule has 1 nitrogen and oxygen atoms in total. The van der Waals surface area contributed by atoms with Crippen molar-refractivity contribution >= 4 is 29.2 Å². The zero-order valence-electron chi connectivity index (χ0n) is 11.4. The lowest BCUT2D eigenvalue weighted by atomic mass is 10.3. The highest BCUT2D eigenvalue weighted by Gasteiger charge is 2.05. The third-order valence-corrected chi connectivity index (χ3v) is 5.01. The topological polar surface area (TPSA) is 26.0 Å². The maximum atomic E-state index is 6.10. The second kappa shape index (κ2) is 6.74. The average Bonchev–Trinajstić information content (AvgIpc) is 2.53. The molecular formula is C18H15NS2. The van der Waals surface area contributed by atoms with Gasteiger partial charge in [-0.25, -0.2) is 0 Å². The van der Waals surface area contributed by atoms with E-state index in [0.717, 1.165) is 10.6 Å². The molecule has 3 heteroatoms. The molecule has 21 heavy (non-hydrogen) atoms. The number of hydrogen-bond donors (Lipinski definition) is 1. The van der Waals surface area contributed by atoms with Gasteiger partial charge in [-0.15, -0.1) is 0 Å². The van der Waals surface area contributed by atoms with Crippen molar-refractivity contribution in [2.24, 2.45) is 0 Å². The van der Waals surface area contributed by atoms with Crippen molar-refractivity contribution < 1.29 is 0 Å². The summed E-state index contributed by atoms with van der Waals surface area (Å²) >= 11 is 3.45. The van der Waals surface area contributed by atoms with Gasteiger partial charge in [-0.1, -0.05) is 59.9 Å². The number of nitrogens with two attached hydrogens (primary N) is 1. The van der Waals surface area contributed by atoms with E-state index in [1.165, 1.54) is 14.7 Å². The Hall–Kier alpha value is -1.84. The van der Waals surface area contributed by atoms with Crippen LogP contribution in [0.25, 0.3) is 0 Å². The quantitative estimate of drug-likeness (QED) is 0.638. The molecule has 0 aliphatic heterocycles. The average molecular weight is 309 g/mol. The van der Waals surface area contributed by atoms with Crippen LogP contribution in [0.5, 0.6) is 0 Å². The third kappa shape index (κ3) is 3.84. The largest absolute Gasteiger partial charge is 0.398 e. The molecule has 0 aromatic heterocycles. The SMILES string of the molecule is Nc1ccc(Sc2ccccc2)cc1Sc1ccccc1. The number of rotatable bonds is 4. The molecule has 0 atom stereocenters. The second-order valence-corrected chi connectivity index (χ2v) is 6.79. The summed E-state index contributed by atoms with van der Waals surface area (Å²) in [4.78, 5) is 4.74. The van der Waals surface area contributed by atoms with Gasteiger partial charge in [0, 0.05) is 25.3 Å². The highest BCUT2D eigenvalue weighted by Crippen LogP contribution is 2.36. The molecule has 0 radical (unpaired) electrons. The molecule has 0 saturated heterocycles. The van der Waals surface area contributed by atoms with Crippen molar-refractivity contribution in [3.05, 3.63) is 78.9 Å². The molecule has 3 aromatic carbocycles. The predicted molar refractivity (Wildman–Crippen MR) is 92.0 cm³/mol. The van der Waals surface area contributed by atoms with Gasteiger partial charge in [-0.3, -0.25) is 0 Å². The van der Waals surface area contributed by atoms with Crippen LogP contribution in [0.3, 0.4) is 0 Å². The highest BCUT2D eigenvalue weighted by molar-refractivity contribution is 8.00. The molecule has 0 heterocycles. The molecule has 104 valence electrons. The number of anilines is 1. The van der Waals surface area contributed by atoms with E-state index < -0.39 is 0 Å². The van der Waals surface area contributed by atoms with Crippen LogP contribution in [0.1, 0.15) is 0 Å². The zero-order valence-corrected chi connectivity index (χ0v) is 13.0. The van der Waals surface area contributed by atoms with Crippen molar-refractivity contribution in [2.75, 3.05) is 5.73 Å². The van der Waals surface area contributed by atoms with Crippen molar-refractivity contribution in [1.82, 2.24) is 0 Å². The van der Waals surface area contributed by atoms with Crippen molar-refractivity contribution in [1.29, 1.82) is 0 Å². The smallest absolute Gasteiger partial charge is 0.0456 e. The molecule has 0 saturated carbocycles. The molecule has 0 fully saturated rings. The fourth-order valence-electron chi connectivity index (χ4n) is 1.91. The van der Waals surface area contributed by atoms with Crippen LogP contribution in [-0.4, -0.2) is 0 Å². The van der Waals surface area contributed by atoms with Crippen LogP contribution in [0.2, 0.25) is 0 Å². The Bertz CT molecular complexity index is 712. The van der Waals surface area contributed by atoms with Gasteiger partial charge in [-0.2, -0.15) is 0 Å². The summed E-state index contributed by atoms with van der Waals surface area (Å²) in [6.45, 7) is 0. The van der Waals surface area contributed by atoms with E-state index in [4.69, 9.17) is 5.73 Å². The zero-order chi connectivity index (χ0) is 14.5. The summed E-state index contributed by atoms with van der Waals surface area (Å²) in [5.74, 6) is 0. The van der Waals surface area contributed by atoms with E-state index >= 15 is 0 Å². The Labute approximate surface area is 133 Å². The van der Waals surface area contributed by atoms with E-state index in [1.54, 1.807) is 23.5 Å². The minimum Gasteiger partial charge on any atom is -0.398 e. The molecular weight excluding hydrogens is 294 g/mol. The van der Waals surface area contributed by atoms with Gasteiger partial charge in [0.1, 0.15) is 0 Å². The predicted octanol–water partition coefficient (Wildman–Crippen LogP) is 5.57. The Morgan fingerprint density at radius 2 is 1.14 bits per heavy atom. The minimum atomic E-state index is 0.821. The molecule has 3 rings (SSSR count). The molecule has 0 spiro atoms. The highest BCUT2D eigenvalue weighted by atomic mass is 32.2. The monoisotopic (exact) mass is 309 g/mol. The van der Waals surface area contributed by atoms with E-state index in [1.807, 2.05) is 30.3 Å². The summed E-state index contributed by atoms with van der Waals surface area (Å²) in [7, 11) is 0. The van der Waals surface area contributed by atoms with Gasteiger partial charge in [0.2, 0.25) is 0 Å². The number of benzene rings is 3. The van der Waals surface area contributed by atoms with Crippen molar-refractivity contribution in [3.8, 4) is 0 Å². The maximum absolute atomic E-state index is 6.10. The third-order valence-electron chi connectivity index (χ3n) is 2.93. The first-order valence-electron chi connectivity index (χ1n) is 6.66. The lowest BCUT2D eigenvalue weighted by molar-refractivity contribution is 1.31. The molecule has 0 bridgehead atoms. The number of hydrogen-bond acceptors (Lipinski definition) is 3. The van der Waals surface area contributed by atoms with Gasteiger partial charge in [0.15, 0.2) is 0 Å². The van der Waals surface area contributed by atoms with Crippen molar-refractivity contribution in [3.63, 3.8) is 0 Å². The fourth-order valence-corrected chi connectivity index (χ4v) is 3.78. The summed E-state index contributed by atoms with van der Waals surface area (Å²) in [6.07, 6.45) is 0. The lowest BCUT2D eigenvalue weighted by Gasteiger charge is -2.08. The van der Waals surface area contributed by atoms with E-state index in [-0.39, 0.29) is 0 Å². The Balaban J connectivity index is 1.83. The fraction of sp³-hybridized carbons (Fsp3) is 0. The lowest BCUT2D eigenvalue weighted by Crippen LogP contribution is -1.88. The first kappa shape index (κ1) is 14.1. The van der Waals surface area contributed by atoms with Gasteiger partial charge >= 0.3 is 0 Å². The molecule has 2 N–H and O–H groups in total. The van der Waals surface area contributed by atoms with Crippen molar-refractivity contribution in [2.45, 2.75) is 19.6 Å². The molecule has 0 amide bonds. The van der Waals surface area contributed by atoms with Crippen LogP contribution >= 0.6 is 23.5 Å². The van der Waals surface area contributed by atoms with Gasteiger partial charge in [0.05, 0.1) is 0 Å². The normalized spacial score (nSPS) is 10.5. The summed E-state index contributed by atoms with van der Waals surface area (Å²) in [6, 6.07) is 26.9. The first-order valence-corrected chi connectivity index (χ1v) is 8.30. The first-order chi connectivity index (χ1) is 10.3. The van der Waals surface area contributed by atoms with Crippen LogP contribution < -0.4 is 5.73 Å².